The van der Waals surface area contributed by atoms with Gasteiger partial charge in [-0.2, -0.15) is 0 Å². The van der Waals surface area contributed by atoms with E-state index in [-0.39, 0.29) is 6.04 Å². The molecule has 1 heterocycles. The maximum atomic E-state index is 5.47. The van der Waals surface area contributed by atoms with Gasteiger partial charge in [-0.1, -0.05) is 12.1 Å². The summed E-state index contributed by atoms with van der Waals surface area (Å²) in [6, 6.07) is 14.8. The summed E-state index contributed by atoms with van der Waals surface area (Å²) in [4.78, 5) is 4.30. The molecule has 2 aromatic carbocycles. The third kappa shape index (κ3) is 3.16. The van der Waals surface area contributed by atoms with Gasteiger partial charge < -0.3 is 10.1 Å². The van der Waals surface area contributed by atoms with Crippen molar-refractivity contribution < 1.29 is 4.74 Å². The molecule has 1 unspecified atom stereocenters. The molecular weight excluding hydrogens is 280 g/mol. The Labute approximate surface area is 128 Å². The van der Waals surface area contributed by atoms with Gasteiger partial charge in [-0.25, -0.2) is 4.98 Å². The van der Waals surface area contributed by atoms with E-state index < -0.39 is 0 Å². The molecule has 0 aliphatic carbocycles. The highest BCUT2D eigenvalue weighted by atomic mass is 32.1. The number of benzene rings is 2. The van der Waals surface area contributed by atoms with E-state index in [0.29, 0.717) is 6.61 Å². The second-order valence-corrected chi connectivity index (χ2v) is 5.79. The Morgan fingerprint density at radius 2 is 2.00 bits per heavy atom. The smallest absolute Gasteiger partial charge is 0.119 e. The summed E-state index contributed by atoms with van der Waals surface area (Å²) in [5, 5.41) is 3.53. The van der Waals surface area contributed by atoms with Crippen molar-refractivity contribution in [2.45, 2.75) is 19.9 Å². The molecule has 3 nitrogen and oxygen atoms in total. The van der Waals surface area contributed by atoms with Crippen LogP contribution in [0, 0.1) is 0 Å². The Hall–Kier alpha value is -2.07. The molecular formula is C17H18N2OS. The van der Waals surface area contributed by atoms with E-state index >= 15 is 0 Å². The molecule has 1 N–H and O–H groups in total. The fourth-order valence-electron chi connectivity index (χ4n) is 2.30. The molecule has 3 rings (SSSR count). The first-order valence-corrected chi connectivity index (χ1v) is 7.97. The van der Waals surface area contributed by atoms with Gasteiger partial charge in [0.2, 0.25) is 0 Å². The van der Waals surface area contributed by atoms with Crippen LogP contribution in [-0.2, 0) is 0 Å². The molecule has 0 saturated carbocycles. The average Bonchev–Trinajstić information content (AvgIpc) is 2.96. The Bertz CT molecular complexity index is 721. The van der Waals surface area contributed by atoms with Crippen molar-refractivity contribution in [1.82, 2.24) is 4.98 Å². The number of rotatable bonds is 5. The highest BCUT2D eigenvalue weighted by Gasteiger charge is 2.06. The SMILES string of the molecule is CCOc1ccc(C(C)Nc2ccc3ncsc3c2)cc1. The molecule has 1 atom stereocenters. The van der Waals surface area contributed by atoms with Gasteiger partial charge in [-0.05, 0) is 49.7 Å². The molecule has 0 aliphatic heterocycles. The Kier molecular flexibility index (Phi) is 4.06. The quantitative estimate of drug-likeness (QED) is 0.730. The third-order valence-electron chi connectivity index (χ3n) is 3.41. The van der Waals surface area contributed by atoms with Crippen LogP contribution in [-0.4, -0.2) is 11.6 Å². The lowest BCUT2D eigenvalue weighted by molar-refractivity contribution is 0.340. The van der Waals surface area contributed by atoms with Crippen molar-refractivity contribution in [3.8, 4) is 5.75 Å². The van der Waals surface area contributed by atoms with Crippen LogP contribution in [0.1, 0.15) is 25.5 Å². The molecule has 0 aliphatic rings. The van der Waals surface area contributed by atoms with E-state index in [9.17, 15) is 0 Å². The lowest BCUT2D eigenvalue weighted by atomic mass is 10.1. The molecule has 1 aromatic heterocycles. The molecule has 21 heavy (non-hydrogen) atoms. The number of thiazole rings is 1. The number of fused-ring (bicyclic) bond motifs is 1. The second-order valence-electron chi connectivity index (χ2n) is 4.90. The number of ether oxygens (including phenoxy) is 1. The molecule has 0 radical (unpaired) electrons. The molecule has 0 amide bonds. The highest BCUT2D eigenvalue weighted by molar-refractivity contribution is 7.16. The van der Waals surface area contributed by atoms with Crippen molar-refractivity contribution in [2.24, 2.45) is 0 Å². The number of aromatic nitrogens is 1. The van der Waals surface area contributed by atoms with Gasteiger partial charge in [0.05, 0.1) is 22.3 Å². The summed E-state index contributed by atoms with van der Waals surface area (Å²) in [5.41, 5.74) is 5.29. The van der Waals surface area contributed by atoms with E-state index in [1.165, 1.54) is 10.3 Å². The molecule has 4 heteroatoms. The highest BCUT2D eigenvalue weighted by Crippen LogP contribution is 2.26. The largest absolute Gasteiger partial charge is 0.494 e. The first-order chi connectivity index (χ1) is 10.3. The van der Waals surface area contributed by atoms with Crippen LogP contribution < -0.4 is 10.1 Å². The number of anilines is 1. The summed E-state index contributed by atoms with van der Waals surface area (Å²) in [7, 11) is 0. The molecule has 0 saturated heterocycles. The topological polar surface area (TPSA) is 34.1 Å². The standard InChI is InChI=1S/C17H18N2OS/c1-3-20-15-7-4-13(5-8-15)12(2)19-14-6-9-16-17(10-14)21-11-18-16/h4-12,19H,3H2,1-2H3. The van der Waals surface area contributed by atoms with E-state index in [4.69, 9.17) is 4.74 Å². The van der Waals surface area contributed by atoms with Crippen LogP contribution in [0.2, 0.25) is 0 Å². The van der Waals surface area contributed by atoms with Gasteiger partial charge in [0.25, 0.3) is 0 Å². The molecule has 0 spiro atoms. The zero-order valence-corrected chi connectivity index (χ0v) is 13.0. The second kappa shape index (κ2) is 6.14. The van der Waals surface area contributed by atoms with Gasteiger partial charge >= 0.3 is 0 Å². The number of nitrogens with zero attached hydrogens (tertiary/aromatic N) is 1. The predicted octanol–water partition coefficient (Wildman–Crippen LogP) is 4.87. The molecule has 108 valence electrons. The lowest BCUT2D eigenvalue weighted by Crippen LogP contribution is -2.06. The first kappa shape index (κ1) is 13.9. The normalized spacial score (nSPS) is 12.3. The zero-order valence-electron chi connectivity index (χ0n) is 12.2. The summed E-state index contributed by atoms with van der Waals surface area (Å²) in [6.07, 6.45) is 0. The van der Waals surface area contributed by atoms with Crippen LogP contribution in [0.25, 0.3) is 10.2 Å². The van der Waals surface area contributed by atoms with Crippen molar-refractivity contribution in [3.05, 3.63) is 53.5 Å². The van der Waals surface area contributed by atoms with Crippen LogP contribution in [0.5, 0.6) is 5.75 Å². The fourth-order valence-corrected chi connectivity index (χ4v) is 3.01. The van der Waals surface area contributed by atoms with Crippen LogP contribution in [0.3, 0.4) is 0 Å². The minimum Gasteiger partial charge on any atom is -0.494 e. The van der Waals surface area contributed by atoms with E-state index in [0.717, 1.165) is 17.0 Å². The minimum absolute atomic E-state index is 0.242. The Morgan fingerprint density at radius 1 is 1.19 bits per heavy atom. The predicted molar refractivity (Wildman–Crippen MR) is 89.3 cm³/mol. The van der Waals surface area contributed by atoms with Crippen LogP contribution in [0.15, 0.2) is 48.0 Å². The Balaban J connectivity index is 1.73. The van der Waals surface area contributed by atoms with Crippen LogP contribution in [0.4, 0.5) is 5.69 Å². The van der Waals surface area contributed by atoms with Gasteiger partial charge in [0.15, 0.2) is 0 Å². The first-order valence-electron chi connectivity index (χ1n) is 7.09. The van der Waals surface area contributed by atoms with Crippen molar-refractivity contribution >= 4 is 27.2 Å². The minimum atomic E-state index is 0.242. The van der Waals surface area contributed by atoms with Crippen molar-refractivity contribution in [1.29, 1.82) is 0 Å². The summed E-state index contributed by atoms with van der Waals surface area (Å²) in [5.74, 6) is 0.916. The van der Waals surface area contributed by atoms with Crippen LogP contribution >= 0.6 is 11.3 Å². The molecule has 0 bridgehead atoms. The number of nitrogens with one attached hydrogen (secondary N) is 1. The van der Waals surface area contributed by atoms with E-state index in [1.807, 2.05) is 24.6 Å². The Morgan fingerprint density at radius 3 is 2.76 bits per heavy atom. The fraction of sp³-hybridized carbons (Fsp3) is 0.235. The van der Waals surface area contributed by atoms with E-state index in [1.54, 1.807) is 11.3 Å². The lowest BCUT2D eigenvalue weighted by Gasteiger charge is -2.16. The zero-order chi connectivity index (χ0) is 14.7. The van der Waals surface area contributed by atoms with Crippen molar-refractivity contribution in [2.75, 3.05) is 11.9 Å². The molecule has 0 fully saturated rings. The van der Waals surface area contributed by atoms with Gasteiger partial charge in [0, 0.05) is 11.7 Å². The van der Waals surface area contributed by atoms with Gasteiger partial charge in [-0.15, -0.1) is 11.3 Å². The summed E-state index contributed by atoms with van der Waals surface area (Å²) >= 11 is 1.66. The average molecular weight is 298 g/mol. The monoisotopic (exact) mass is 298 g/mol. The number of hydrogen-bond acceptors (Lipinski definition) is 4. The van der Waals surface area contributed by atoms with Gasteiger partial charge in [0.1, 0.15) is 5.75 Å². The summed E-state index contributed by atoms with van der Waals surface area (Å²) < 4.78 is 6.68. The van der Waals surface area contributed by atoms with E-state index in [2.05, 4.69) is 47.6 Å². The molecule has 3 aromatic rings. The maximum Gasteiger partial charge on any atom is 0.119 e. The van der Waals surface area contributed by atoms with Crippen molar-refractivity contribution in [3.63, 3.8) is 0 Å². The van der Waals surface area contributed by atoms with Gasteiger partial charge in [-0.3, -0.25) is 0 Å². The summed E-state index contributed by atoms with van der Waals surface area (Å²) in [6.45, 7) is 4.85. The third-order valence-corrected chi connectivity index (χ3v) is 4.20. The number of hydrogen-bond donors (Lipinski definition) is 1. The maximum absolute atomic E-state index is 5.47.